The smallest absolute Gasteiger partial charge is 0.396 e. The molecule has 2 N–H and O–H groups in total. The molecule has 0 aliphatic rings. The van der Waals surface area contributed by atoms with Crippen LogP contribution in [0.5, 0.6) is 0 Å². The zero-order valence-electron chi connectivity index (χ0n) is 11.5. The minimum absolute atomic E-state index is 0.186. The Kier molecular flexibility index (Phi) is 3.50. The van der Waals surface area contributed by atoms with Crippen LogP contribution in [0.1, 0.15) is 35.3 Å². The minimum Gasteiger partial charge on any atom is -0.396 e. The predicted molar refractivity (Wildman–Crippen MR) is 71.4 cm³/mol. The first-order valence-electron chi connectivity index (χ1n) is 6.19. The van der Waals surface area contributed by atoms with Gasteiger partial charge < -0.3 is 5.73 Å². The number of rotatable bonds is 2. The highest BCUT2D eigenvalue weighted by molar-refractivity contribution is 5.41. The molecule has 3 nitrogen and oxygen atoms in total. The second kappa shape index (κ2) is 4.85. The number of nitrogens with two attached hydrogens (primary N) is 1. The molecule has 1 aromatic carbocycles. The highest BCUT2D eigenvalue weighted by Crippen LogP contribution is 2.36. The summed E-state index contributed by atoms with van der Waals surface area (Å²) in [5, 5.41) is 4.16. The van der Waals surface area contributed by atoms with Gasteiger partial charge in [-0.25, -0.2) is 0 Å². The first-order chi connectivity index (χ1) is 9.20. The molecule has 2 aromatic rings. The molecule has 0 aliphatic carbocycles. The maximum absolute atomic E-state index is 13.1. The summed E-state index contributed by atoms with van der Waals surface area (Å²) in [5.41, 5.74) is 6.91. The summed E-state index contributed by atoms with van der Waals surface area (Å²) < 4.78 is 40.9. The standard InChI is InChI=1S/C14H16F3N3/c1-8-4-5-11(12(6-8)14(15,16)17)10(3)20-7-13(18)9(2)19-20/h4-7,10H,18H2,1-3H3. The Hall–Kier alpha value is -1.98. The van der Waals surface area contributed by atoms with E-state index in [4.69, 9.17) is 5.73 Å². The van der Waals surface area contributed by atoms with Crippen LogP contribution in [0.2, 0.25) is 0 Å². The molecule has 1 heterocycles. The number of hydrogen-bond acceptors (Lipinski definition) is 2. The van der Waals surface area contributed by atoms with Crippen LogP contribution in [-0.4, -0.2) is 9.78 Å². The van der Waals surface area contributed by atoms with Crippen LogP contribution in [0.15, 0.2) is 24.4 Å². The molecule has 1 aromatic heterocycles. The Labute approximate surface area is 115 Å². The lowest BCUT2D eigenvalue weighted by Crippen LogP contribution is -2.16. The monoisotopic (exact) mass is 283 g/mol. The Balaban J connectivity index is 2.52. The van der Waals surface area contributed by atoms with Crippen molar-refractivity contribution in [2.75, 3.05) is 5.73 Å². The number of anilines is 1. The molecule has 108 valence electrons. The van der Waals surface area contributed by atoms with Gasteiger partial charge in [0.05, 0.1) is 23.0 Å². The summed E-state index contributed by atoms with van der Waals surface area (Å²) in [6.45, 7) is 5.03. The lowest BCUT2D eigenvalue weighted by atomic mass is 9.99. The first-order valence-corrected chi connectivity index (χ1v) is 6.19. The van der Waals surface area contributed by atoms with Gasteiger partial charge in [-0.2, -0.15) is 18.3 Å². The van der Waals surface area contributed by atoms with Crippen LogP contribution in [0.3, 0.4) is 0 Å². The van der Waals surface area contributed by atoms with E-state index >= 15 is 0 Å². The van der Waals surface area contributed by atoms with E-state index in [1.54, 1.807) is 33.0 Å². The third kappa shape index (κ3) is 2.64. The summed E-state index contributed by atoms with van der Waals surface area (Å²) in [6.07, 6.45) is -2.83. The number of nitrogen functional groups attached to an aromatic ring is 1. The van der Waals surface area contributed by atoms with Gasteiger partial charge in [0.2, 0.25) is 0 Å². The second-order valence-electron chi connectivity index (χ2n) is 4.91. The summed E-state index contributed by atoms with van der Waals surface area (Å²) in [4.78, 5) is 0. The third-order valence-electron chi connectivity index (χ3n) is 3.32. The quantitative estimate of drug-likeness (QED) is 0.913. The number of alkyl halides is 3. The van der Waals surface area contributed by atoms with Gasteiger partial charge >= 0.3 is 6.18 Å². The van der Waals surface area contributed by atoms with E-state index in [2.05, 4.69) is 5.10 Å². The van der Waals surface area contributed by atoms with Crippen LogP contribution in [0.25, 0.3) is 0 Å². The van der Waals surface area contributed by atoms with Gasteiger partial charge in [-0.05, 0) is 32.4 Å². The zero-order valence-corrected chi connectivity index (χ0v) is 11.5. The van der Waals surface area contributed by atoms with E-state index in [1.807, 2.05) is 0 Å². The normalized spacial score (nSPS) is 13.5. The SMILES string of the molecule is Cc1ccc(C(C)n2cc(N)c(C)n2)c(C(F)(F)F)c1. The van der Waals surface area contributed by atoms with Crippen molar-refractivity contribution in [3.8, 4) is 0 Å². The fraction of sp³-hybridized carbons (Fsp3) is 0.357. The van der Waals surface area contributed by atoms with E-state index in [-0.39, 0.29) is 5.56 Å². The molecule has 0 aliphatic heterocycles. The molecule has 6 heteroatoms. The van der Waals surface area contributed by atoms with Crippen LogP contribution in [-0.2, 0) is 6.18 Å². The Morgan fingerprint density at radius 2 is 1.90 bits per heavy atom. The number of nitrogens with zero attached hydrogens (tertiary/aromatic N) is 2. The van der Waals surface area contributed by atoms with Gasteiger partial charge in [-0.3, -0.25) is 4.68 Å². The van der Waals surface area contributed by atoms with Gasteiger partial charge in [-0.1, -0.05) is 17.7 Å². The highest BCUT2D eigenvalue weighted by atomic mass is 19.4. The molecule has 20 heavy (non-hydrogen) atoms. The second-order valence-corrected chi connectivity index (χ2v) is 4.91. The van der Waals surface area contributed by atoms with Crippen LogP contribution in [0, 0.1) is 13.8 Å². The topological polar surface area (TPSA) is 43.8 Å². The molecule has 0 bridgehead atoms. The molecule has 0 amide bonds. The number of halogens is 3. The van der Waals surface area contributed by atoms with Crippen molar-refractivity contribution < 1.29 is 13.2 Å². The van der Waals surface area contributed by atoms with Crippen LogP contribution < -0.4 is 5.73 Å². The summed E-state index contributed by atoms with van der Waals surface area (Å²) in [5.74, 6) is 0. The van der Waals surface area contributed by atoms with Crippen molar-refractivity contribution in [3.63, 3.8) is 0 Å². The van der Waals surface area contributed by atoms with Crippen molar-refractivity contribution >= 4 is 5.69 Å². The molecule has 0 radical (unpaired) electrons. The molecule has 0 fully saturated rings. The van der Waals surface area contributed by atoms with Gasteiger partial charge in [-0.15, -0.1) is 0 Å². The lowest BCUT2D eigenvalue weighted by Gasteiger charge is -2.19. The summed E-state index contributed by atoms with van der Waals surface area (Å²) in [6, 6.07) is 3.78. The Bertz CT molecular complexity index is 610. The third-order valence-corrected chi connectivity index (χ3v) is 3.32. The summed E-state index contributed by atoms with van der Waals surface area (Å²) in [7, 11) is 0. The maximum atomic E-state index is 13.1. The summed E-state index contributed by atoms with van der Waals surface area (Å²) >= 11 is 0. The predicted octanol–water partition coefficient (Wildman–Crippen LogP) is 3.71. The Morgan fingerprint density at radius 1 is 1.25 bits per heavy atom. The minimum atomic E-state index is -4.39. The van der Waals surface area contributed by atoms with Crippen LogP contribution in [0.4, 0.5) is 18.9 Å². The van der Waals surface area contributed by atoms with Crippen molar-refractivity contribution in [2.24, 2.45) is 0 Å². The molecule has 1 atom stereocenters. The van der Waals surface area contributed by atoms with E-state index in [0.717, 1.165) is 6.07 Å². The number of benzene rings is 1. The fourth-order valence-electron chi connectivity index (χ4n) is 2.12. The van der Waals surface area contributed by atoms with E-state index < -0.39 is 17.8 Å². The Morgan fingerprint density at radius 3 is 2.40 bits per heavy atom. The van der Waals surface area contributed by atoms with Crippen LogP contribution >= 0.6 is 0 Å². The van der Waals surface area contributed by atoms with Gasteiger partial charge in [0.25, 0.3) is 0 Å². The average Bonchev–Trinajstić information content (AvgIpc) is 2.67. The van der Waals surface area contributed by atoms with Gasteiger partial charge in [0.1, 0.15) is 0 Å². The first kappa shape index (κ1) is 14.4. The molecular weight excluding hydrogens is 267 g/mol. The molecular formula is C14H16F3N3. The van der Waals surface area contributed by atoms with Gasteiger partial charge in [0, 0.05) is 6.20 Å². The largest absolute Gasteiger partial charge is 0.416 e. The fourth-order valence-corrected chi connectivity index (χ4v) is 2.12. The van der Waals surface area contributed by atoms with Crippen molar-refractivity contribution in [1.29, 1.82) is 0 Å². The molecule has 1 unspecified atom stereocenters. The highest BCUT2D eigenvalue weighted by Gasteiger charge is 2.35. The van der Waals surface area contributed by atoms with Gasteiger partial charge in [0.15, 0.2) is 0 Å². The maximum Gasteiger partial charge on any atom is 0.416 e. The average molecular weight is 283 g/mol. The zero-order chi connectivity index (χ0) is 15.1. The van der Waals surface area contributed by atoms with E-state index in [0.29, 0.717) is 16.9 Å². The molecule has 0 saturated carbocycles. The van der Waals surface area contributed by atoms with Crippen molar-refractivity contribution in [2.45, 2.75) is 33.0 Å². The van der Waals surface area contributed by atoms with Crippen molar-refractivity contribution in [1.82, 2.24) is 9.78 Å². The van der Waals surface area contributed by atoms with E-state index in [9.17, 15) is 13.2 Å². The lowest BCUT2D eigenvalue weighted by molar-refractivity contribution is -0.138. The molecule has 2 rings (SSSR count). The van der Waals surface area contributed by atoms with E-state index in [1.165, 1.54) is 10.7 Å². The number of hydrogen-bond donors (Lipinski definition) is 1. The number of aromatic nitrogens is 2. The molecule has 0 spiro atoms. The van der Waals surface area contributed by atoms with Crippen molar-refractivity contribution in [3.05, 3.63) is 46.8 Å². The number of aryl methyl sites for hydroxylation is 2. The molecule has 0 saturated heterocycles.